The van der Waals surface area contributed by atoms with Crippen LogP contribution in [0.1, 0.15) is 44.9 Å². The molecule has 0 radical (unpaired) electrons. The highest BCUT2D eigenvalue weighted by atomic mass is 35.5. The van der Waals surface area contributed by atoms with Crippen molar-refractivity contribution in [2.75, 3.05) is 31.1 Å². The highest BCUT2D eigenvalue weighted by Crippen LogP contribution is 2.46. The monoisotopic (exact) mass is 386 g/mol. The Morgan fingerprint density at radius 2 is 1.79 bits per heavy atom. The molecule has 24 heavy (non-hydrogen) atoms. The van der Waals surface area contributed by atoms with Crippen molar-refractivity contribution in [3.8, 4) is 0 Å². The second-order valence-electron chi connectivity index (χ2n) is 7.22. The molecule has 0 aromatic heterocycles. The molecular formula is C19H28Cl2N2S. The summed E-state index contributed by atoms with van der Waals surface area (Å²) < 4.78 is 0. The Bertz CT molecular complexity index is 548. The Labute approximate surface area is 161 Å². The van der Waals surface area contributed by atoms with Crippen molar-refractivity contribution in [3.05, 3.63) is 23.2 Å². The molecule has 2 heterocycles. The lowest BCUT2D eigenvalue weighted by Crippen LogP contribution is -2.47. The Morgan fingerprint density at radius 1 is 1.00 bits per heavy atom. The maximum Gasteiger partial charge on any atom is 0.0522 e. The number of likely N-dealkylation sites (tertiary alicyclic amines) is 1. The number of nitrogens with zero attached hydrogens (tertiary/aromatic N) is 2. The summed E-state index contributed by atoms with van der Waals surface area (Å²) in [5.74, 6) is 0. The lowest BCUT2D eigenvalue weighted by atomic mass is 10.0. The predicted octanol–water partition coefficient (Wildman–Crippen LogP) is 5.47. The molecular weight excluding hydrogens is 359 g/mol. The Kier molecular flexibility index (Phi) is 6.64. The number of halogens is 2. The number of hydrogen-bond donors (Lipinski definition) is 0. The Hall–Kier alpha value is -0.0900. The van der Waals surface area contributed by atoms with Gasteiger partial charge in [-0.1, -0.05) is 30.9 Å². The van der Waals surface area contributed by atoms with Crippen molar-refractivity contribution in [1.82, 2.24) is 4.90 Å². The van der Waals surface area contributed by atoms with Gasteiger partial charge < -0.3 is 9.80 Å². The second-order valence-corrected chi connectivity index (χ2v) is 8.93. The van der Waals surface area contributed by atoms with Crippen LogP contribution >= 0.6 is 35.8 Å². The third-order valence-corrected chi connectivity index (χ3v) is 7.37. The van der Waals surface area contributed by atoms with E-state index in [4.69, 9.17) is 11.6 Å². The van der Waals surface area contributed by atoms with Gasteiger partial charge in [-0.15, -0.1) is 24.2 Å². The van der Waals surface area contributed by atoms with Crippen molar-refractivity contribution in [1.29, 1.82) is 0 Å². The first-order chi connectivity index (χ1) is 11.3. The molecule has 1 aliphatic carbocycles. The summed E-state index contributed by atoms with van der Waals surface area (Å²) in [4.78, 5) is 6.79. The maximum absolute atomic E-state index is 6.33. The molecule has 2 unspecified atom stereocenters. The van der Waals surface area contributed by atoms with Crippen LogP contribution in [0, 0.1) is 0 Å². The molecule has 3 aliphatic rings. The average molecular weight is 387 g/mol. The molecule has 0 amide bonds. The SMILES string of the molecule is Cl.Clc1ccc2c(c1)N(CCN1CCCC1)C1CCCCCC1S2. The smallest absolute Gasteiger partial charge is 0.0522 e. The van der Waals surface area contributed by atoms with Crippen LogP contribution < -0.4 is 4.90 Å². The van der Waals surface area contributed by atoms with E-state index in [1.54, 1.807) is 0 Å². The minimum Gasteiger partial charge on any atom is -0.365 e. The van der Waals surface area contributed by atoms with Gasteiger partial charge in [0.15, 0.2) is 0 Å². The zero-order chi connectivity index (χ0) is 15.6. The van der Waals surface area contributed by atoms with E-state index >= 15 is 0 Å². The second kappa shape index (κ2) is 8.53. The summed E-state index contributed by atoms with van der Waals surface area (Å²) in [7, 11) is 0. The predicted molar refractivity (Wildman–Crippen MR) is 108 cm³/mol. The van der Waals surface area contributed by atoms with Crippen LogP contribution in [-0.2, 0) is 0 Å². The first-order valence-corrected chi connectivity index (χ1v) is 10.5. The van der Waals surface area contributed by atoms with E-state index in [0.717, 1.165) is 16.8 Å². The van der Waals surface area contributed by atoms with Gasteiger partial charge in [0, 0.05) is 34.3 Å². The van der Waals surface area contributed by atoms with E-state index in [1.807, 2.05) is 0 Å². The lowest BCUT2D eigenvalue weighted by molar-refractivity contribution is 0.337. The minimum atomic E-state index is 0. The third kappa shape index (κ3) is 4.00. The summed E-state index contributed by atoms with van der Waals surface area (Å²) >= 11 is 8.44. The topological polar surface area (TPSA) is 6.48 Å². The molecule has 1 saturated carbocycles. The van der Waals surface area contributed by atoms with E-state index in [9.17, 15) is 0 Å². The van der Waals surface area contributed by atoms with Crippen LogP contribution in [-0.4, -0.2) is 42.4 Å². The van der Waals surface area contributed by atoms with Gasteiger partial charge in [-0.2, -0.15) is 0 Å². The number of fused-ring (bicyclic) bond motifs is 2. The van der Waals surface area contributed by atoms with E-state index < -0.39 is 0 Å². The lowest BCUT2D eigenvalue weighted by Gasteiger charge is -2.43. The fourth-order valence-electron chi connectivity index (χ4n) is 4.45. The van der Waals surface area contributed by atoms with E-state index in [-0.39, 0.29) is 12.4 Å². The van der Waals surface area contributed by atoms with Crippen molar-refractivity contribution in [3.63, 3.8) is 0 Å². The molecule has 134 valence electrons. The number of hydrogen-bond acceptors (Lipinski definition) is 3. The van der Waals surface area contributed by atoms with Crippen molar-refractivity contribution >= 4 is 41.5 Å². The molecule has 2 atom stereocenters. The van der Waals surface area contributed by atoms with E-state index in [2.05, 4.69) is 39.8 Å². The van der Waals surface area contributed by atoms with Gasteiger partial charge in [-0.3, -0.25) is 0 Å². The largest absolute Gasteiger partial charge is 0.365 e. The summed E-state index contributed by atoms with van der Waals surface area (Å²) in [6.07, 6.45) is 9.68. The van der Waals surface area contributed by atoms with Crippen LogP contribution in [0.2, 0.25) is 5.02 Å². The Morgan fingerprint density at radius 3 is 2.62 bits per heavy atom. The highest BCUT2D eigenvalue weighted by Gasteiger charge is 2.35. The summed E-state index contributed by atoms with van der Waals surface area (Å²) in [6, 6.07) is 7.21. The molecule has 0 N–H and O–H groups in total. The number of anilines is 1. The third-order valence-electron chi connectivity index (χ3n) is 5.68. The number of thioether (sulfide) groups is 1. The fraction of sp³-hybridized carbons (Fsp3) is 0.684. The molecule has 0 bridgehead atoms. The first kappa shape index (κ1) is 18.7. The van der Waals surface area contributed by atoms with Crippen molar-refractivity contribution < 1.29 is 0 Å². The van der Waals surface area contributed by atoms with E-state index in [1.165, 1.54) is 75.2 Å². The molecule has 5 heteroatoms. The molecule has 1 aromatic rings. The summed E-state index contributed by atoms with van der Waals surface area (Å²) in [6.45, 7) is 4.95. The molecule has 1 saturated heterocycles. The van der Waals surface area contributed by atoms with Gasteiger partial charge in [-0.25, -0.2) is 0 Å². The van der Waals surface area contributed by atoms with Gasteiger partial charge in [0.2, 0.25) is 0 Å². The normalized spacial score (nSPS) is 27.1. The maximum atomic E-state index is 6.33. The molecule has 2 nitrogen and oxygen atoms in total. The minimum absolute atomic E-state index is 0. The highest BCUT2D eigenvalue weighted by molar-refractivity contribution is 8.00. The van der Waals surface area contributed by atoms with Gasteiger partial charge in [0.05, 0.1) is 5.69 Å². The molecule has 2 aliphatic heterocycles. The number of rotatable bonds is 3. The van der Waals surface area contributed by atoms with Crippen molar-refractivity contribution in [2.24, 2.45) is 0 Å². The Balaban J connectivity index is 0.00000169. The van der Waals surface area contributed by atoms with Gasteiger partial charge in [0.25, 0.3) is 0 Å². The van der Waals surface area contributed by atoms with Gasteiger partial charge in [-0.05, 0) is 57.0 Å². The van der Waals surface area contributed by atoms with Gasteiger partial charge >= 0.3 is 0 Å². The summed E-state index contributed by atoms with van der Waals surface area (Å²) in [5, 5.41) is 1.65. The zero-order valence-corrected chi connectivity index (χ0v) is 16.6. The number of benzene rings is 1. The molecule has 1 aromatic carbocycles. The molecule has 0 spiro atoms. The average Bonchev–Trinajstić information content (AvgIpc) is 2.96. The van der Waals surface area contributed by atoms with Crippen LogP contribution in [0.25, 0.3) is 0 Å². The van der Waals surface area contributed by atoms with Crippen LogP contribution in [0.5, 0.6) is 0 Å². The standard InChI is InChI=1S/C19H27ClN2S.ClH/c20-15-8-9-19-17(14-15)22(13-12-21-10-4-5-11-21)16-6-2-1-3-7-18(16)23-19;/h8-9,14,16,18H,1-7,10-13H2;1H. The van der Waals surface area contributed by atoms with Crippen LogP contribution in [0.4, 0.5) is 5.69 Å². The fourth-order valence-corrected chi connectivity index (χ4v) is 6.11. The molecule has 4 rings (SSSR count). The zero-order valence-electron chi connectivity index (χ0n) is 14.3. The van der Waals surface area contributed by atoms with Crippen molar-refractivity contribution in [2.45, 2.75) is 61.1 Å². The van der Waals surface area contributed by atoms with E-state index in [0.29, 0.717) is 6.04 Å². The van der Waals surface area contributed by atoms with Crippen LogP contribution in [0.15, 0.2) is 23.1 Å². The summed E-state index contributed by atoms with van der Waals surface area (Å²) in [5.41, 5.74) is 1.39. The molecule has 2 fully saturated rings. The first-order valence-electron chi connectivity index (χ1n) is 9.26. The quantitative estimate of drug-likeness (QED) is 0.679. The van der Waals surface area contributed by atoms with Crippen LogP contribution in [0.3, 0.4) is 0 Å². The van der Waals surface area contributed by atoms with Gasteiger partial charge in [0.1, 0.15) is 0 Å².